The van der Waals surface area contributed by atoms with E-state index in [1.807, 2.05) is 0 Å². The van der Waals surface area contributed by atoms with Crippen LogP contribution in [0.15, 0.2) is 36.4 Å². The van der Waals surface area contributed by atoms with Gasteiger partial charge >= 0.3 is 0 Å². The fraction of sp³-hybridized carbons (Fsp3) is 0.167. The van der Waals surface area contributed by atoms with Crippen molar-refractivity contribution in [3.8, 4) is 0 Å². The molecule has 2 N–H and O–H groups in total. The highest BCUT2D eigenvalue weighted by Crippen LogP contribution is 2.41. The molecule has 0 radical (unpaired) electrons. The van der Waals surface area contributed by atoms with Gasteiger partial charge in [-0.2, -0.15) is 0 Å². The number of amides is 1. The lowest BCUT2D eigenvalue weighted by molar-refractivity contribution is 0.0955. The lowest BCUT2D eigenvalue weighted by Crippen LogP contribution is -2.22. The molecule has 2 aromatic carbocycles. The number of fused-ring (bicyclic) bond motifs is 1. The molecule has 3 aromatic rings. The number of carbonyl (C=O) groups is 1. The largest absolute Gasteiger partial charge is 0.347 e. The third-order valence-electron chi connectivity index (χ3n) is 4.00. The van der Waals surface area contributed by atoms with Crippen LogP contribution < -0.4 is 10.0 Å². The van der Waals surface area contributed by atoms with Gasteiger partial charge in [0.1, 0.15) is 4.88 Å². The van der Waals surface area contributed by atoms with Crippen molar-refractivity contribution in [1.29, 1.82) is 0 Å². The summed E-state index contributed by atoms with van der Waals surface area (Å²) in [5.41, 5.74) is 1.49. The number of nitrogens with one attached hydrogen (secondary N) is 2. The number of halogens is 3. The maximum absolute atomic E-state index is 12.5. The van der Waals surface area contributed by atoms with Gasteiger partial charge in [-0.15, -0.1) is 11.3 Å². The van der Waals surface area contributed by atoms with Gasteiger partial charge in [0.25, 0.3) is 5.91 Å². The zero-order chi connectivity index (χ0) is 20.5. The maximum atomic E-state index is 12.5. The summed E-state index contributed by atoms with van der Waals surface area (Å²) in [7, 11) is -1.95. The summed E-state index contributed by atoms with van der Waals surface area (Å²) >= 11 is 19.8. The topological polar surface area (TPSA) is 75.3 Å². The molecule has 1 amide bonds. The highest BCUT2D eigenvalue weighted by molar-refractivity contribution is 7.88. The predicted molar refractivity (Wildman–Crippen MR) is 116 cm³/mol. The molecule has 0 bridgehead atoms. The fourth-order valence-corrected chi connectivity index (χ4v) is 5.64. The van der Waals surface area contributed by atoms with Crippen LogP contribution in [0.5, 0.6) is 0 Å². The molecule has 0 unspecified atom stereocenters. The molecule has 0 saturated heterocycles. The number of sulfonamides is 1. The molecule has 0 aliphatic carbocycles. The minimum Gasteiger partial charge on any atom is -0.347 e. The van der Waals surface area contributed by atoms with Crippen molar-refractivity contribution in [2.75, 3.05) is 7.05 Å². The van der Waals surface area contributed by atoms with Crippen LogP contribution >= 0.6 is 46.1 Å². The van der Waals surface area contributed by atoms with E-state index in [1.54, 1.807) is 36.4 Å². The highest BCUT2D eigenvalue weighted by atomic mass is 35.5. The molecule has 0 aliphatic rings. The Morgan fingerprint density at radius 2 is 1.71 bits per heavy atom. The van der Waals surface area contributed by atoms with Crippen molar-refractivity contribution in [3.63, 3.8) is 0 Å². The summed E-state index contributed by atoms with van der Waals surface area (Å²) in [4.78, 5) is 12.9. The van der Waals surface area contributed by atoms with E-state index in [0.29, 0.717) is 30.9 Å². The first kappa shape index (κ1) is 21.4. The van der Waals surface area contributed by atoms with Crippen LogP contribution in [0.4, 0.5) is 0 Å². The second kappa shape index (κ2) is 8.57. The van der Waals surface area contributed by atoms with Gasteiger partial charge < -0.3 is 5.32 Å². The normalized spacial score (nSPS) is 11.7. The third kappa shape index (κ3) is 4.79. The molecule has 1 aromatic heterocycles. The standard InChI is InChI=1S/C18H15Cl3N2O3S2/c1-22-28(25,26)9-11-4-2-10(3-5-11)8-23-18(24)17-16(21)15-13(20)6-12(19)7-14(15)27-17/h2-7,22H,8-9H2,1H3,(H,23,24). The van der Waals surface area contributed by atoms with Gasteiger partial charge in [0.05, 0.1) is 15.8 Å². The van der Waals surface area contributed by atoms with Crippen LogP contribution in [0.3, 0.4) is 0 Å². The molecular weight excluding hydrogens is 463 g/mol. The lowest BCUT2D eigenvalue weighted by atomic mass is 10.1. The summed E-state index contributed by atoms with van der Waals surface area (Å²) in [6.45, 7) is 0.275. The molecule has 0 spiro atoms. The summed E-state index contributed by atoms with van der Waals surface area (Å²) in [6.07, 6.45) is 0. The molecule has 0 saturated carbocycles. The molecule has 0 aliphatic heterocycles. The number of hydrogen-bond donors (Lipinski definition) is 2. The molecule has 148 valence electrons. The second-order valence-electron chi connectivity index (χ2n) is 5.97. The van der Waals surface area contributed by atoms with E-state index in [9.17, 15) is 13.2 Å². The van der Waals surface area contributed by atoms with Gasteiger partial charge in [-0.25, -0.2) is 13.1 Å². The molecule has 0 atom stereocenters. The molecule has 10 heteroatoms. The van der Waals surface area contributed by atoms with E-state index in [2.05, 4.69) is 10.0 Å². The Hall–Kier alpha value is -1.35. The van der Waals surface area contributed by atoms with Crippen molar-refractivity contribution in [2.24, 2.45) is 0 Å². The first-order chi connectivity index (χ1) is 13.2. The SMILES string of the molecule is CNS(=O)(=O)Cc1ccc(CNC(=O)c2sc3cc(Cl)cc(Cl)c3c2Cl)cc1. The fourth-order valence-electron chi connectivity index (χ4n) is 2.57. The Bertz CT molecular complexity index is 1140. The average molecular weight is 478 g/mol. The smallest absolute Gasteiger partial charge is 0.263 e. The van der Waals surface area contributed by atoms with Crippen LogP contribution in [0.2, 0.25) is 15.1 Å². The van der Waals surface area contributed by atoms with Crippen molar-refractivity contribution in [2.45, 2.75) is 12.3 Å². The quantitative estimate of drug-likeness (QED) is 0.533. The summed E-state index contributed by atoms with van der Waals surface area (Å²) in [6, 6.07) is 10.3. The van der Waals surface area contributed by atoms with E-state index in [4.69, 9.17) is 34.8 Å². The van der Waals surface area contributed by atoms with Crippen molar-refractivity contribution < 1.29 is 13.2 Å². The van der Waals surface area contributed by atoms with Gasteiger partial charge in [-0.1, -0.05) is 59.1 Å². The molecule has 5 nitrogen and oxygen atoms in total. The summed E-state index contributed by atoms with van der Waals surface area (Å²) in [5, 5.41) is 4.59. The lowest BCUT2D eigenvalue weighted by Gasteiger charge is -2.06. The van der Waals surface area contributed by atoms with Crippen LogP contribution in [0.25, 0.3) is 10.1 Å². The Balaban J connectivity index is 1.71. The van der Waals surface area contributed by atoms with Gasteiger partial charge in [0.15, 0.2) is 0 Å². The van der Waals surface area contributed by atoms with Crippen LogP contribution in [-0.2, 0) is 22.3 Å². The number of thiophene rings is 1. The van der Waals surface area contributed by atoms with E-state index in [0.717, 1.165) is 10.3 Å². The minimum absolute atomic E-state index is 0.100. The molecule has 0 fully saturated rings. The average Bonchev–Trinajstić information content (AvgIpc) is 2.97. The van der Waals surface area contributed by atoms with Gasteiger partial charge in [0.2, 0.25) is 10.0 Å². The first-order valence-corrected chi connectivity index (χ1v) is 11.6. The van der Waals surface area contributed by atoms with E-state index < -0.39 is 10.0 Å². The summed E-state index contributed by atoms with van der Waals surface area (Å²) < 4.78 is 26.2. The number of rotatable bonds is 6. The Morgan fingerprint density at radius 3 is 2.36 bits per heavy atom. The number of benzene rings is 2. The molecule has 28 heavy (non-hydrogen) atoms. The minimum atomic E-state index is -3.32. The molecular formula is C18H15Cl3N2O3S2. The van der Waals surface area contributed by atoms with Crippen LogP contribution in [0, 0.1) is 0 Å². The number of carbonyl (C=O) groups excluding carboxylic acids is 1. The van der Waals surface area contributed by atoms with E-state index in [-0.39, 0.29) is 18.2 Å². The van der Waals surface area contributed by atoms with Crippen molar-refractivity contribution >= 4 is 72.2 Å². The van der Waals surface area contributed by atoms with Gasteiger partial charge in [-0.3, -0.25) is 4.79 Å². The van der Waals surface area contributed by atoms with Gasteiger partial charge in [0, 0.05) is 21.7 Å². The zero-order valence-corrected chi connectivity index (χ0v) is 18.5. The van der Waals surface area contributed by atoms with Crippen molar-refractivity contribution in [3.05, 3.63) is 67.5 Å². The third-order valence-corrected chi connectivity index (χ3v) is 7.48. The molecule has 3 rings (SSSR count). The van der Waals surface area contributed by atoms with Gasteiger partial charge in [-0.05, 0) is 30.3 Å². The van der Waals surface area contributed by atoms with E-state index >= 15 is 0 Å². The Morgan fingerprint density at radius 1 is 1.07 bits per heavy atom. The first-order valence-electron chi connectivity index (χ1n) is 8.04. The summed E-state index contributed by atoms with van der Waals surface area (Å²) in [5.74, 6) is -0.420. The Kier molecular flexibility index (Phi) is 6.54. The highest BCUT2D eigenvalue weighted by Gasteiger charge is 2.19. The predicted octanol–water partition coefficient (Wildman–Crippen LogP) is 4.84. The zero-order valence-electron chi connectivity index (χ0n) is 14.6. The van der Waals surface area contributed by atoms with Crippen molar-refractivity contribution in [1.82, 2.24) is 10.0 Å². The Labute approximate surface area is 181 Å². The second-order valence-corrected chi connectivity index (χ2v) is 10.2. The van der Waals surface area contributed by atoms with Crippen LogP contribution in [0.1, 0.15) is 20.8 Å². The monoisotopic (exact) mass is 476 g/mol. The molecule has 1 heterocycles. The van der Waals surface area contributed by atoms with E-state index in [1.165, 1.54) is 18.4 Å². The van der Waals surface area contributed by atoms with Crippen LogP contribution in [-0.4, -0.2) is 21.4 Å². The number of hydrogen-bond acceptors (Lipinski definition) is 4. The maximum Gasteiger partial charge on any atom is 0.263 e.